The zero-order chi connectivity index (χ0) is 20.1. The predicted octanol–water partition coefficient (Wildman–Crippen LogP) is 5.15. The molecule has 0 saturated carbocycles. The largest absolute Gasteiger partial charge is 0.489 e. The Bertz CT molecular complexity index is 935. The van der Waals surface area contributed by atoms with Crippen LogP contribution < -0.4 is 4.74 Å². The number of carbonyl (C=O) groups excluding carboxylic acids is 1. The topological polar surface area (TPSA) is 42.7 Å². The third-order valence-electron chi connectivity index (χ3n) is 4.16. The summed E-state index contributed by atoms with van der Waals surface area (Å²) in [6, 6.07) is 15.8. The van der Waals surface area contributed by atoms with E-state index in [1.165, 1.54) is 36.4 Å². The van der Waals surface area contributed by atoms with Crippen molar-refractivity contribution in [3.05, 3.63) is 89.4 Å². The molecule has 0 N–H and O–H groups in total. The Labute approximate surface area is 160 Å². The lowest BCUT2D eigenvalue weighted by atomic mass is 10.1. The van der Waals surface area contributed by atoms with Crippen LogP contribution in [-0.2, 0) is 19.3 Å². The number of furan rings is 1. The molecule has 3 rings (SSSR count). The third kappa shape index (κ3) is 4.54. The van der Waals surface area contributed by atoms with Crippen molar-refractivity contribution in [2.24, 2.45) is 0 Å². The van der Waals surface area contributed by atoms with E-state index in [9.17, 15) is 18.0 Å². The van der Waals surface area contributed by atoms with Crippen molar-refractivity contribution in [3.8, 4) is 5.75 Å². The van der Waals surface area contributed by atoms with E-state index in [4.69, 9.17) is 9.15 Å². The summed E-state index contributed by atoms with van der Waals surface area (Å²) in [4.78, 5) is 13.9. The van der Waals surface area contributed by atoms with Gasteiger partial charge >= 0.3 is 6.18 Å². The van der Waals surface area contributed by atoms with Crippen LogP contribution in [0.1, 0.15) is 27.2 Å². The van der Waals surface area contributed by atoms with Gasteiger partial charge < -0.3 is 14.1 Å². The molecule has 7 heteroatoms. The van der Waals surface area contributed by atoms with Gasteiger partial charge in [0.2, 0.25) is 0 Å². The molecule has 0 saturated heterocycles. The van der Waals surface area contributed by atoms with Gasteiger partial charge in [0, 0.05) is 19.2 Å². The summed E-state index contributed by atoms with van der Waals surface area (Å²) in [6.07, 6.45) is -3.13. The summed E-state index contributed by atoms with van der Waals surface area (Å²) in [5, 5.41) is 0. The van der Waals surface area contributed by atoms with E-state index >= 15 is 0 Å². The highest BCUT2D eigenvalue weighted by molar-refractivity contribution is 5.92. The van der Waals surface area contributed by atoms with Crippen LogP contribution in [0.2, 0.25) is 0 Å². The van der Waals surface area contributed by atoms with Gasteiger partial charge in [0.1, 0.15) is 12.4 Å². The molecule has 4 nitrogen and oxygen atoms in total. The van der Waals surface area contributed by atoms with Crippen LogP contribution in [0.3, 0.4) is 0 Å². The summed E-state index contributed by atoms with van der Waals surface area (Å²) in [7, 11) is 1.43. The molecule has 1 heterocycles. The molecule has 0 aliphatic rings. The summed E-state index contributed by atoms with van der Waals surface area (Å²) in [5.41, 5.74) is -0.231. The molecule has 0 bridgehead atoms. The first-order valence-corrected chi connectivity index (χ1v) is 8.51. The van der Waals surface area contributed by atoms with Crippen LogP contribution >= 0.6 is 0 Å². The number of halogens is 3. The molecular weight excluding hydrogens is 371 g/mol. The number of carbonyl (C=O) groups is 1. The number of amides is 1. The van der Waals surface area contributed by atoms with Crippen molar-refractivity contribution in [2.45, 2.75) is 19.3 Å². The average molecular weight is 389 g/mol. The summed E-state index contributed by atoms with van der Waals surface area (Å²) in [5.74, 6) is 0.158. The molecule has 2 aromatic carbocycles. The van der Waals surface area contributed by atoms with E-state index < -0.39 is 17.6 Å². The zero-order valence-electron chi connectivity index (χ0n) is 15.1. The molecule has 0 atom stereocenters. The fourth-order valence-corrected chi connectivity index (χ4v) is 2.75. The van der Waals surface area contributed by atoms with E-state index in [1.54, 1.807) is 18.2 Å². The van der Waals surface area contributed by atoms with Gasteiger partial charge in [-0.2, -0.15) is 13.2 Å². The summed E-state index contributed by atoms with van der Waals surface area (Å²) in [6.45, 7) is -0.0945. The molecule has 28 heavy (non-hydrogen) atoms. The van der Waals surface area contributed by atoms with Gasteiger partial charge in [-0.3, -0.25) is 4.79 Å². The van der Waals surface area contributed by atoms with Crippen molar-refractivity contribution in [1.82, 2.24) is 4.90 Å². The Balaban J connectivity index is 1.72. The van der Waals surface area contributed by atoms with Gasteiger partial charge in [0.05, 0.1) is 11.8 Å². The number of ether oxygens (including phenoxy) is 1. The molecule has 0 aliphatic heterocycles. The van der Waals surface area contributed by atoms with Gasteiger partial charge in [-0.1, -0.05) is 36.4 Å². The number of alkyl halides is 3. The maximum absolute atomic E-state index is 13.2. The minimum Gasteiger partial charge on any atom is -0.489 e. The minimum atomic E-state index is -4.49. The quantitative estimate of drug-likeness (QED) is 0.586. The van der Waals surface area contributed by atoms with E-state index in [1.807, 2.05) is 18.2 Å². The molecule has 0 spiro atoms. The fraction of sp³-hybridized carbons (Fsp3) is 0.190. The number of rotatable bonds is 6. The summed E-state index contributed by atoms with van der Waals surface area (Å²) < 4.78 is 50.4. The molecular formula is C21H18F3NO3. The van der Waals surface area contributed by atoms with Gasteiger partial charge in [0.25, 0.3) is 5.91 Å². The number of hydrogen-bond acceptors (Lipinski definition) is 3. The SMILES string of the molecule is CN(Cc1ccccc1C(F)(F)F)C(=O)c1occc1COc1ccccc1. The Morgan fingerprint density at radius 1 is 1.00 bits per heavy atom. The Hall–Kier alpha value is -3.22. The third-order valence-corrected chi connectivity index (χ3v) is 4.16. The van der Waals surface area contributed by atoms with Crippen LogP contribution in [0.15, 0.2) is 71.3 Å². The van der Waals surface area contributed by atoms with Crippen molar-refractivity contribution < 1.29 is 27.1 Å². The van der Waals surface area contributed by atoms with Crippen LogP contribution in [0, 0.1) is 0 Å². The van der Waals surface area contributed by atoms with Crippen molar-refractivity contribution in [1.29, 1.82) is 0 Å². The number of para-hydroxylation sites is 1. The smallest absolute Gasteiger partial charge is 0.416 e. The van der Waals surface area contributed by atoms with Gasteiger partial charge in [-0.25, -0.2) is 0 Å². The van der Waals surface area contributed by atoms with Gasteiger partial charge in [0.15, 0.2) is 5.76 Å². The predicted molar refractivity (Wildman–Crippen MR) is 96.7 cm³/mol. The van der Waals surface area contributed by atoms with Crippen molar-refractivity contribution >= 4 is 5.91 Å². The van der Waals surface area contributed by atoms with E-state index in [0.29, 0.717) is 11.3 Å². The maximum atomic E-state index is 13.2. The standard InChI is InChI=1S/C21H18F3NO3/c1-25(13-15-7-5-6-10-18(15)21(22,23)24)20(26)19-16(11-12-27-19)14-28-17-8-3-2-4-9-17/h2-12H,13-14H2,1H3. The Kier molecular flexibility index (Phi) is 5.73. The fourth-order valence-electron chi connectivity index (χ4n) is 2.75. The number of nitrogens with zero attached hydrogens (tertiary/aromatic N) is 1. The van der Waals surface area contributed by atoms with Gasteiger partial charge in [-0.15, -0.1) is 0 Å². The maximum Gasteiger partial charge on any atom is 0.416 e. The second-order valence-corrected chi connectivity index (χ2v) is 6.19. The molecule has 0 unspecified atom stereocenters. The number of hydrogen-bond donors (Lipinski definition) is 0. The molecule has 0 fully saturated rings. The molecule has 1 amide bonds. The minimum absolute atomic E-state index is 0.0134. The highest BCUT2D eigenvalue weighted by Gasteiger charge is 2.33. The molecule has 0 aliphatic carbocycles. The lowest BCUT2D eigenvalue weighted by Crippen LogP contribution is -2.28. The molecule has 146 valence electrons. The number of benzene rings is 2. The molecule has 0 radical (unpaired) electrons. The van der Waals surface area contributed by atoms with Crippen LogP contribution in [-0.4, -0.2) is 17.9 Å². The van der Waals surface area contributed by atoms with Crippen LogP contribution in [0.4, 0.5) is 13.2 Å². The lowest BCUT2D eigenvalue weighted by molar-refractivity contribution is -0.138. The second-order valence-electron chi connectivity index (χ2n) is 6.19. The molecule has 1 aromatic heterocycles. The van der Waals surface area contributed by atoms with Gasteiger partial charge in [-0.05, 0) is 29.8 Å². The van der Waals surface area contributed by atoms with Crippen LogP contribution in [0.5, 0.6) is 5.75 Å². The van der Waals surface area contributed by atoms with Crippen molar-refractivity contribution in [3.63, 3.8) is 0 Å². The first-order valence-electron chi connectivity index (χ1n) is 8.51. The first kappa shape index (κ1) is 19.5. The molecule has 3 aromatic rings. The average Bonchev–Trinajstić information content (AvgIpc) is 3.14. The van der Waals surface area contributed by atoms with E-state index in [2.05, 4.69) is 0 Å². The monoisotopic (exact) mass is 389 g/mol. The van der Waals surface area contributed by atoms with E-state index in [0.717, 1.165) is 6.07 Å². The normalized spacial score (nSPS) is 11.3. The van der Waals surface area contributed by atoms with E-state index in [-0.39, 0.29) is 24.5 Å². The zero-order valence-corrected chi connectivity index (χ0v) is 15.1. The second kappa shape index (κ2) is 8.21. The Morgan fingerprint density at radius 3 is 2.39 bits per heavy atom. The van der Waals surface area contributed by atoms with Crippen LogP contribution in [0.25, 0.3) is 0 Å². The first-order chi connectivity index (χ1) is 13.4. The summed E-state index contributed by atoms with van der Waals surface area (Å²) >= 11 is 0. The Morgan fingerprint density at radius 2 is 1.68 bits per heavy atom. The van der Waals surface area contributed by atoms with Crippen molar-refractivity contribution in [2.75, 3.05) is 7.05 Å². The lowest BCUT2D eigenvalue weighted by Gasteiger charge is -2.20. The highest BCUT2D eigenvalue weighted by atomic mass is 19.4. The highest BCUT2D eigenvalue weighted by Crippen LogP contribution is 2.32.